The lowest BCUT2D eigenvalue weighted by atomic mass is 10.1. The second-order valence-corrected chi connectivity index (χ2v) is 25.5. The van der Waals surface area contributed by atoms with Gasteiger partial charge in [0, 0.05) is 112 Å². The summed E-state index contributed by atoms with van der Waals surface area (Å²) in [6.45, 7) is 1.31. The van der Waals surface area contributed by atoms with Crippen LogP contribution in [0.4, 0.5) is 47.8 Å². The minimum absolute atomic E-state index is 0.0337. The molecule has 0 atom stereocenters. The largest absolute Gasteiger partial charge is 0.457 e. The molecule has 7 aromatic heterocycles. The second-order valence-electron chi connectivity index (χ2n) is 23.6. The number of alkyl halides is 4. The number of carbonyl (C=O) groups excluding carboxylic acids is 5. The maximum atomic E-state index is 13.9. The Morgan fingerprint density at radius 1 is 0.459 bits per heavy atom. The standard InChI is InChI=1S/C25H20F3N5O3.C25H22FN5O5S.C24H17F3N6O3/c1-25(27,28)24-32-20(14-3-5-15(26)6-4-14)21(33-24)23(35)31-16-7-9-17(10-8-16)36-18-11-12-30-19(13-18)22(34)29-2;1-27-23(32)20-14-19(12-13-28-20)36-18-10-8-17(9-11-18)29-24(33)21-22(15-4-6-16(26)7-5-15)31(2)25(30-21)37(3,34)35;1-24(26,27)22-30-17(12-2-4-13(25)5-3-12)19(31-22)21(34)29-14-6-8-15(9-7-14)36-16-10-11-28-20-18(16)32-23(35)33-20/h3-13H,1-2H3,(H,29,34)(H,31,35)(H,32,33);4-14H,1-3H3,(H,27,32)(H,29,33);2-11H,1H3,(H,29,34)(H,30,31)(H2,28,32,33,35). The first-order valence-corrected chi connectivity index (χ1v) is 34.0. The number of carbonyl (C=O) groups is 5. The van der Waals surface area contributed by atoms with E-state index < -0.39 is 74.2 Å². The number of imidazole rings is 4. The fourth-order valence-electron chi connectivity index (χ4n) is 10.3. The van der Waals surface area contributed by atoms with Crippen molar-refractivity contribution in [1.82, 2.24) is 65.0 Å². The molecule has 0 aliphatic carbocycles. The number of benzene rings is 6. The van der Waals surface area contributed by atoms with E-state index in [1.807, 2.05) is 0 Å². The Labute approximate surface area is 612 Å². The van der Waals surface area contributed by atoms with Crippen molar-refractivity contribution in [2.75, 3.05) is 36.3 Å². The van der Waals surface area contributed by atoms with E-state index in [0.717, 1.165) is 30.5 Å². The number of hydrogen-bond donors (Lipinski definition) is 9. The fourth-order valence-corrected chi connectivity index (χ4v) is 11.1. The number of sulfone groups is 1. The molecule has 13 aromatic rings. The lowest BCUT2D eigenvalue weighted by Gasteiger charge is -2.10. The van der Waals surface area contributed by atoms with Crippen LogP contribution in [0.5, 0.6) is 34.5 Å². The zero-order chi connectivity index (χ0) is 78.1. The molecular formula is C74H59F7N16O11S. The molecule has 109 heavy (non-hydrogen) atoms. The van der Waals surface area contributed by atoms with Crippen LogP contribution < -0.4 is 46.5 Å². The minimum Gasteiger partial charge on any atom is -0.457 e. The number of pyridine rings is 3. The van der Waals surface area contributed by atoms with Crippen molar-refractivity contribution >= 4 is 67.6 Å². The molecule has 27 nitrogen and oxygen atoms in total. The highest BCUT2D eigenvalue weighted by Gasteiger charge is 2.34. The first-order valence-electron chi connectivity index (χ1n) is 32.1. The van der Waals surface area contributed by atoms with Crippen molar-refractivity contribution in [3.8, 4) is 68.3 Å². The zero-order valence-electron chi connectivity index (χ0n) is 57.7. The van der Waals surface area contributed by atoms with Crippen molar-refractivity contribution in [3.05, 3.63) is 263 Å². The van der Waals surface area contributed by atoms with Crippen LogP contribution in [-0.4, -0.2) is 113 Å². The Kier molecular flexibility index (Phi) is 22.4. The lowest BCUT2D eigenvalue weighted by Crippen LogP contribution is -2.18. The number of halogens is 7. The summed E-state index contributed by atoms with van der Waals surface area (Å²) in [5.41, 5.74) is 2.46. The van der Waals surface area contributed by atoms with E-state index in [1.165, 1.54) is 105 Å². The van der Waals surface area contributed by atoms with Gasteiger partial charge >= 0.3 is 17.5 Å². The summed E-state index contributed by atoms with van der Waals surface area (Å²) in [6, 6.07) is 41.9. The maximum Gasteiger partial charge on any atom is 0.325 e. The molecule has 0 aliphatic heterocycles. The van der Waals surface area contributed by atoms with Gasteiger partial charge in [-0.15, -0.1) is 0 Å². The highest BCUT2D eigenvalue weighted by molar-refractivity contribution is 7.90. The van der Waals surface area contributed by atoms with Gasteiger partial charge in [-0.2, -0.15) is 17.6 Å². The molecule has 0 fully saturated rings. The van der Waals surface area contributed by atoms with E-state index in [4.69, 9.17) is 14.2 Å². The molecule has 0 saturated carbocycles. The van der Waals surface area contributed by atoms with Crippen molar-refractivity contribution in [1.29, 1.82) is 0 Å². The monoisotopic (exact) mass is 1510 g/mol. The summed E-state index contributed by atoms with van der Waals surface area (Å²) in [7, 11) is 0.711. The Morgan fingerprint density at radius 3 is 1.24 bits per heavy atom. The molecule has 0 spiro atoms. The summed E-state index contributed by atoms with van der Waals surface area (Å²) in [6.07, 6.45) is 5.36. The number of nitrogens with one attached hydrogen (secondary N) is 9. The first kappa shape index (κ1) is 76.0. The third kappa shape index (κ3) is 18.7. The highest BCUT2D eigenvalue weighted by atomic mass is 32.2. The van der Waals surface area contributed by atoms with Crippen molar-refractivity contribution < 1.29 is 77.3 Å². The summed E-state index contributed by atoms with van der Waals surface area (Å²) < 4.78 is 139. The SMILES string of the molecule is CC(F)(F)c1nc(-c2ccc(F)cc2)c(C(=O)Nc2ccc(Oc3ccnc4[nH]c(=O)[nH]c34)cc2)[nH]1.CNC(=O)c1cc(Oc2ccc(NC(=O)c3[nH]c(C(C)(F)F)nc3-c3ccc(F)cc3)cc2)ccn1.CNC(=O)c1cc(Oc2ccc(NC(=O)c3nc(S(C)(=O)=O)n(C)c3-c3ccc(F)cc3)cc2)ccn1. The Hall–Kier alpha value is -14.1. The zero-order valence-corrected chi connectivity index (χ0v) is 58.5. The van der Waals surface area contributed by atoms with Crippen LogP contribution in [0, 0.1) is 17.5 Å². The van der Waals surface area contributed by atoms with E-state index in [-0.39, 0.29) is 62.5 Å². The topological polar surface area (TPSA) is 370 Å². The molecule has 6 aromatic carbocycles. The lowest BCUT2D eigenvalue weighted by molar-refractivity contribution is 0.00796. The van der Waals surface area contributed by atoms with Gasteiger partial charge in [-0.1, -0.05) is 0 Å². The summed E-state index contributed by atoms with van der Waals surface area (Å²) >= 11 is 0. The molecule has 556 valence electrons. The molecule has 0 unspecified atom stereocenters. The van der Waals surface area contributed by atoms with Gasteiger partial charge in [0.05, 0.1) is 5.69 Å². The quantitative estimate of drug-likeness (QED) is 0.0320. The number of nitrogens with zero attached hydrogens (tertiary/aromatic N) is 7. The van der Waals surface area contributed by atoms with Crippen LogP contribution in [0.3, 0.4) is 0 Å². The Morgan fingerprint density at radius 2 is 0.844 bits per heavy atom. The van der Waals surface area contributed by atoms with Crippen LogP contribution in [0.25, 0.3) is 44.9 Å². The molecule has 0 aliphatic rings. The third-order valence-corrected chi connectivity index (χ3v) is 16.5. The van der Waals surface area contributed by atoms with Crippen LogP contribution >= 0.6 is 0 Å². The van der Waals surface area contributed by atoms with Crippen LogP contribution in [-0.2, 0) is 28.7 Å². The van der Waals surface area contributed by atoms with Crippen LogP contribution in [0.15, 0.2) is 204 Å². The predicted octanol–water partition coefficient (Wildman–Crippen LogP) is 13.5. The molecule has 0 saturated heterocycles. The smallest absolute Gasteiger partial charge is 0.325 e. The number of aromatic amines is 4. The van der Waals surface area contributed by atoms with Gasteiger partial charge in [0.2, 0.25) is 15.0 Å². The van der Waals surface area contributed by atoms with Crippen molar-refractivity contribution in [2.45, 2.75) is 30.8 Å². The van der Waals surface area contributed by atoms with Gasteiger partial charge in [-0.3, -0.25) is 38.9 Å². The molecular weight excluding hydrogens is 1450 g/mol. The van der Waals surface area contributed by atoms with E-state index >= 15 is 0 Å². The first-order chi connectivity index (χ1) is 51.9. The summed E-state index contributed by atoms with van der Waals surface area (Å²) in [5.74, 6) is -9.90. The number of amides is 5. The molecule has 0 radical (unpaired) electrons. The van der Waals surface area contributed by atoms with Crippen LogP contribution in [0.1, 0.15) is 77.9 Å². The van der Waals surface area contributed by atoms with Gasteiger partial charge in [0.15, 0.2) is 28.7 Å². The molecule has 7 heterocycles. The van der Waals surface area contributed by atoms with Gasteiger partial charge < -0.3 is 60.3 Å². The van der Waals surface area contributed by atoms with E-state index in [1.54, 1.807) is 91.0 Å². The van der Waals surface area contributed by atoms with E-state index in [9.17, 15) is 67.9 Å². The van der Waals surface area contributed by atoms with Gasteiger partial charge in [-0.05, 0) is 158 Å². The average Bonchev–Trinajstić information content (AvgIpc) is 1.63. The third-order valence-electron chi connectivity index (χ3n) is 15.4. The average molecular weight is 1510 g/mol. The molecule has 35 heteroatoms. The van der Waals surface area contributed by atoms with Crippen LogP contribution in [0.2, 0.25) is 0 Å². The van der Waals surface area contributed by atoms with Gasteiger partial charge in [0.1, 0.15) is 85.9 Å². The molecule has 5 amide bonds. The minimum atomic E-state index is -3.75. The predicted molar refractivity (Wildman–Crippen MR) is 384 cm³/mol. The number of hydrogen-bond acceptors (Lipinski definition) is 17. The number of H-pyrrole nitrogens is 4. The van der Waals surface area contributed by atoms with Crippen molar-refractivity contribution in [2.24, 2.45) is 7.05 Å². The number of anilines is 3. The Balaban J connectivity index is 0.000000162. The van der Waals surface area contributed by atoms with Gasteiger partial charge in [-0.25, -0.2) is 46.3 Å². The number of aromatic nitrogens is 11. The molecule has 13 rings (SSSR count). The number of fused-ring (bicyclic) bond motifs is 1. The van der Waals surface area contributed by atoms with E-state index in [2.05, 4.69) is 76.4 Å². The van der Waals surface area contributed by atoms with Gasteiger partial charge in [0.25, 0.3) is 29.5 Å². The summed E-state index contributed by atoms with van der Waals surface area (Å²) in [5, 5.41) is 12.6. The van der Waals surface area contributed by atoms with E-state index in [0.29, 0.717) is 93.3 Å². The molecule has 0 bridgehead atoms. The maximum absolute atomic E-state index is 13.9. The number of rotatable bonds is 20. The molecule has 9 N–H and O–H groups in total. The van der Waals surface area contributed by atoms with Crippen molar-refractivity contribution in [3.63, 3.8) is 0 Å². The Bertz CT molecular complexity index is 5710. The second kappa shape index (κ2) is 32.1. The fraction of sp³-hybridized carbons (Fsp3) is 0.108. The highest BCUT2D eigenvalue weighted by Crippen LogP contribution is 2.35. The summed E-state index contributed by atoms with van der Waals surface area (Å²) in [4.78, 5) is 108. The normalized spacial score (nSPS) is 11.3. The number of ether oxygens (including phenoxy) is 3.